The van der Waals surface area contributed by atoms with Crippen LogP contribution < -0.4 is 5.32 Å². The number of hydrogen-bond donors (Lipinski definition) is 2. The summed E-state index contributed by atoms with van der Waals surface area (Å²) in [6, 6.07) is 3.97. The van der Waals surface area contributed by atoms with E-state index < -0.39 is 5.97 Å². The number of nitrogens with zero attached hydrogens (tertiary/aromatic N) is 1. The van der Waals surface area contributed by atoms with Crippen LogP contribution in [0.1, 0.15) is 37.0 Å². The van der Waals surface area contributed by atoms with E-state index in [4.69, 9.17) is 5.11 Å². The summed E-state index contributed by atoms with van der Waals surface area (Å²) >= 11 is 1.67. The van der Waals surface area contributed by atoms with E-state index in [1.54, 1.807) is 11.3 Å². The van der Waals surface area contributed by atoms with Gasteiger partial charge in [-0.2, -0.15) is 0 Å². The molecule has 120 valence electrons. The molecule has 0 saturated carbocycles. The van der Waals surface area contributed by atoms with Gasteiger partial charge >= 0.3 is 12.0 Å². The summed E-state index contributed by atoms with van der Waals surface area (Å²) in [6.45, 7) is 0.893. The molecule has 0 radical (unpaired) electrons. The first-order chi connectivity index (χ1) is 10.7. The molecule has 1 saturated heterocycles. The largest absolute Gasteiger partial charge is 0.481 e. The zero-order valence-corrected chi connectivity index (χ0v) is 13.3. The average molecular weight is 322 g/mol. The molecule has 1 fully saturated rings. The molecule has 0 aliphatic carbocycles. The number of likely N-dealkylation sites (tertiary alicyclic amines) is 1. The number of rotatable bonds is 5. The zero-order chi connectivity index (χ0) is 15.8. The number of carboxylic acids is 1. The summed E-state index contributed by atoms with van der Waals surface area (Å²) < 4.78 is 0. The summed E-state index contributed by atoms with van der Waals surface area (Å²) in [4.78, 5) is 25.8. The second-order valence-electron chi connectivity index (χ2n) is 5.36. The SMILES string of the molecule is O=C(O)CCNC(=O)N1CCCCCC1/C=C/c1cccs1. The molecule has 1 aromatic rings. The molecule has 1 aromatic heterocycles. The van der Waals surface area contributed by atoms with Crippen LogP contribution in [-0.4, -0.2) is 41.1 Å². The Bertz CT molecular complexity index is 513. The number of hydrogen-bond acceptors (Lipinski definition) is 3. The van der Waals surface area contributed by atoms with Gasteiger partial charge in [0, 0.05) is 18.0 Å². The quantitative estimate of drug-likeness (QED) is 0.874. The van der Waals surface area contributed by atoms with Gasteiger partial charge in [-0.15, -0.1) is 11.3 Å². The maximum atomic E-state index is 12.3. The minimum Gasteiger partial charge on any atom is -0.481 e. The first-order valence-electron chi connectivity index (χ1n) is 7.65. The van der Waals surface area contributed by atoms with E-state index in [1.807, 2.05) is 16.3 Å². The van der Waals surface area contributed by atoms with Gasteiger partial charge in [0.1, 0.15) is 0 Å². The zero-order valence-electron chi connectivity index (χ0n) is 12.5. The summed E-state index contributed by atoms with van der Waals surface area (Å²) in [6.07, 6.45) is 8.30. The van der Waals surface area contributed by atoms with Crippen LogP contribution in [0.15, 0.2) is 23.6 Å². The van der Waals surface area contributed by atoms with Gasteiger partial charge < -0.3 is 15.3 Å². The summed E-state index contributed by atoms with van der Waals surface area (Å²) in [7, 11) is 0. The molecule has 2 heterocycles. The van der Waals surface area contributed by atoms with Crippen LogP contribution in [0.4, 0.5) is 4.79 Å². The van der Waals surface area contributed by atoms with Gasteiger partial charge in [-0.3, -0.25) is 4.79 Å². The highest BCUT2D eigenvalue weighted by atomic mass is 32.1. The Morgan fingerprint density at radius 2 is 2.27 bits per heavy atom. The molecule has 1 unspecified atom stereocenters. The fourth-order valence-corrected chi connectivity index (χ4v) is 3.18. The lowest BCUT2D eigenvalue weighted by molar-refractivity contribution is -0.136. The molecule has 0 aromatic carbocycles. The highest BCUT2D eigenvalue weighted by Gasteiger charge is 2.23. The van der Waals surface area contributed by atoms with Crippen molar-refractivity contribution in [3.63, 3.8) is 0 Å². The number of aliphatic carboxylic acids is 1. The highest BCUT2D eigenvalue weighted by molar-refractivity contribution is 7.10. The van der Waals surface area contributed by atoms with Crippen LogP contribution in [0.3, 0.4) is 0 Å². The Labute approximate surface area is 134 Å². The van der Waals surface area contributed by atoms with Crippen molar-refractivity contribution in [2.75, 3.05) is 13.1 Å². The normalized spacial score (nSPS) is 19.1. The lowest BCUT2D eigenvalue weighted by atomic mass is 10.1. The summed E-state index contributed by atoms with van der Waals surface area (Å²) in [5, 5.41) is 13.4. The van der Waals surface area contributed by atoms with E-state index in [0.717, 1.165) is 32.2 Å². The fourth-order valence-electron chi connectivity index (χ4n) is 2.56. The monoisotopic (exact) mass is 322 g/mol. The Balaban J connectivity index is 1.97. The Morgan fingerprint density at radius 3 is 3.00 bits per heavy atom. The second kappa shape index (κ2) is 8.58. The van der Waals surface area contributed by atoms with Crippen LogP contribution in [0.2, 0.25) is 0 Å². The number of nitrogens with one attached hydrogen (secondary N) is 1. The van der Waals surface area contributed by atoms with Crippen molar-refractivity contribution in [3.8, 4) is 0 Å². The predicted octanol–water partition coefficient (Wildman–Crippen LogP) is 3.19. The van der Waals surface area contributed by atoms with Crippen molar-refractivity contribution in [1.82, 2.24) is 10.2 Å². The minimum absolute atomic E-state index is 0.0463. The summed E-state index contributed by atoms with van der Waals surface area (Å²) in [5.41, 5.74) is 0. The van der Waals surface area contributed by atoms with Gasteiger partial charge in [0.2, 0.25) is 0 Å². The van der Waals surface area contributed by atoms with Crippen LogP contribution in [0.25, 0.3) is 6.08 Å². The number of carbonyl (C=O) groups is 2. The second-order valence-corrected chi connectivity index (χ2v) is 6.34. The van der Waals surface area contributed by atoms with Crippen LogP contribution in [0.5, 0.6) is 0 Å². The molecular formula is C16H22N2O3S. The van der Waals surface area contributed by atoms with Crippen LogP contribution in [-0.2, 0) is 4.79 Å². The molecular weight excluding hydrogens is 300 g/mol. The van der Waals surface area contributed by atoms with E-state index in [0.29, 0.717) is 0 Å². The molecule has 0 bridgehead atoms. The number of carbonyl (C=O) groups excluding carboxylic acids is 1. The first-order valence-corrected chi connectivity index (χ1v) is 8.53. The van der Waals surface area contributed by atoms with E-state index >= 15 is 0 Å². The van der Waals surface area contributed by atoms with Gasteiger partial charge in [-0.25, -0.2) is 4.79 Å². The third-order valence-electron chi connectivity index (χ3n) is 3.70. The summed E-state index contributed by atoms with van der Waals surface area (Å²) in [5.74, 6) is -0.898. The molecule has 1 aliphatic heterocycles. The number of amides is 2. The van der Waals surface area contributed by atoms with Crippen molar-refractivity contribution >= 4 is 29.4 Å². The molecule has 2 amide bonds. The van der Waals surface area contributed by atoms with Crippen molar-refractivity contribution < 1.29 is 14.7 Å². The van der Waals surface area contributed by atoms with Gasteiger partial charge in [-0.05, 0) is 30.4 Å². The smallest absolute Gasteiger partial charge is 0.317 e. The lowest BCUT2D eigenvalue weighted by Gasteiger charge is -2.28. The standard InChI is InChI=1S/C16H22N2O3S/c19-15(20)9-10-17-16(21)18-11-3-1-2-5-13(18)7-8-14-6-4-12-22-14/h4,6-8,12-13H,1-3,5,9-11H2,(H,17,21)(H,19,20)/b8-7+. The van der Waals surface area contributed by atoms with E-state index in [1.165, 1.54) is 4.88 Å². The van der Waals surface area contributed by atoms with Gasteiger partial charge in [0.15, 0.2) is 0 Å². The molecule has 0 spiro atoms. The van der Waals surface area contributed by atoms with Crippen LogP contribution in [0, 0.1) is 0 Å². The third-order valence-corrected chi connectivity index (χ3v) is 4.54. The molecule has 2 N–H and O–H groups in total. The molecule has 1 aliphatic rings. The van der Waals surface area contributed by atoms with Crippen molar-refractivity contribution in [3.05, 3.63) is 28.5 Å². The number of urea groups is 1. The number of carboxylic acid groups (broad SMARTS) is 1. The maximum Gasteiger partial charge on any atom is 0.317 e. The molecule has 2 rings (SSSR count). The van der Waals surface area contributed by atoms with Gasteiger partial charge in [0.25, 0.3) is 0 Å². The van der Waals surface area contributed by atoms with Crippen molar-refractivity contribution in [2.24, 2.45) is 0 Å². The van der Waals surface area contributed by atoms with E-state index in [2.05, 4.69) is 23.5 Å². The van der Waals surface area contributed by atoms with Gasteiger partial charge in [-0.1, -0.05) is 25.0 Å². The Morgan fingerprint density at radius 1 is 1.41 bits per heavy atom. The van der Waals surface area contributed by atoms with E-state index in [-0.39, 0.29) is 25.0 Å². The molecule has 1 atom stereocenters. The Hall–Kier alpha value is -1.82. The van der Waals surface area contributed by atoms with Crippen LogP contribution >= 0.6 is 11.3 Å². The highest BCUT2D eigenvalue weighted by Crippen LogP contribution is 2.20. The van der Waals surface area contributed by atoms with Gasteiger partial charge in [0.05, 0.1) is 12.5 Å². The fraction of sp³-hybridized carbons (Fsp3) is 0.500. The van der Waals surface area contributed by atoms with Crippen molar-refractivity contribution in [2.45, 2.75) is 38.1 Å². The lowest BCUT2D eigenvalue weighted by Crippen LogP contribution is -2.45. The molecule has 22 heavy (non-hydrogen) atoms. The third kappa shape index (κ3) is 5.18. The van der Waals surface area contributed by atoms with E-state index in [9.17, 15) is 9.59 Å². The molecule has 5 nitrogen and oxygen atoms in total. The minimum atomic E-state index is -0.898. The topological polar surface area (TPSA) is 69.6 Å². The first kappa shape index (κ1) is 16.5. The maximum absolute atomic E-state index is 12.3. The Kier molecular flexibility index (Phi) is 6.45. The predicted molar refractivity (Wildman–Crippen MR) is 88.0 cm³/mol. The van der Waals surface area contributed by atoms with Crippen molar-refractivity contribution in [1.29, 1.82) is 0 Å². The molecule has 6 heteroatoms. The number of thiophene rings is 1. The average Bonchev–Trinajstić information content (AvgIpc) is 2.89.